The molecule has 264 valence electrons. The minimum absolute atomic E-state index is 0.103. The number of rotatable bonds is 34. The van der Waals surface area contributed by atoms with Gasteiger partial charge in [0.05, 0.1) is 41.5 Å². The van der Waals surface area contributed by atoms with Gasteiger partial charge in [-0.15, -0.1) is 0 Å². The predicted octanol–water partition coefficient (Wildman–Crippen LogP) is 8.61. The van der Waals surface area contributed by atoms with E-state index in [0.29, 0.717) is 43.5 Å². The molecule has 0 aliphatic rings. The highest BCUT2D eigenvalue weighted by atomic mass is 31.2. The van der Waals surface area contributed by atoms with E-state index in [1.165, 1.54) is 110 Å². The number of carbonyl (C=O) groups is 1. The van der Waals surface area contributed by atoms with Crippen LogP contribution in [0, 0.1) is 0 Å². The zero-order chi connectivity index (χ0) is 32.8. The lowest BCUT2D eigenvalue weighted by Crippen LogP contribution is -2.37. The molecule has 0 saturated heterocycles. The topological polar surface area (TPSA) is 101 Å². The van der Waals surface area contributed by atoms with Gasteiger partial charge < -0.3 is 23.6 Å². The van der Waals surface area contributed by atoms with E-state index in [0.717, 1.165) is 12.8 Å². The highest BCUT2D eigenvalue weighted by molar-refractivity contribution is 7.47. The van der Waals surface area contributed by atoms with Crippen molar-refractivity contribution in [2.24, 2.45) is 0 Å². The lowest BCUT2D eigenvalue weighted by Gasteiger charge is -2.24. The monoisotopic (exact) mass is 652 g/mol. The minimum atomic E-state index is -4.18. The Hall–Kier alpha value is -0.540. The van der Waals surface area contributed by atoms with E-state index in [2.05, 4.69) is 11.7 Å². The van der Waals surface area contributed by atoms with Crippen LogP contribution in [0.3, 0.4) is 0 Å². The number of phosphoric acid groups is 1. The molecule has 0 aromatic carbocycles. The Bertz CT molecular complexity index is 689. The van der Waals surface area contributed by atoms with Gasteiger partial charge in [0, 0.05) is 19.6 Å². The molecule has 0 heterocycles. The van der Waals surface area contributed by atoms with Gasteiger partial charge in [0.25, 0.3) is 0 Å². The number of carbonyl (C=O) groups excluding carboxylic acids is 1. The summed E-state index contributed by atoms with van der Waals surface area (Å²) in [6.07, 6.45) is 25.3. The second kappa shape index (κ2) is 29.8. The second-order valence-electron chi connectivity index (χ2n) is 13.2. The van der Waals surface area contributed by atoms with Crippen LogP contribution in [0.25, 0.3) is 0 Å². The molecule has 2 atom stereocenters. The van der Waals surface area contributed by atoms with Crippen LogP contribution < -0.4 is 0 Å². The fourth-order valence-corrected chi connectivity index (χ4v) is 5.57. The SMILES string of the molecule is CCCCCCCCCCCCCCCCCCCCOC[C@H](COP(=O)(O)OCC[N+](C)(C)C)OCCCCC(=O)OC. The van der Waals surface area contributed by atoms with E-state index in [9.17, 15) is 14.3 Å². The molecule has 1 unspecified atom stereocenters. The Morgan fingerprint density at radius 1 is 0.659 bits per heavy atom. The number of esters is 1. The summed E-state index contributed by atoms with van der Waals surface area (Å²) in [7, 11) is 3.13. The molecular weight excluding hydrogens is 581 g/mol. The third-order valence-corrected chi connectivity index (χ3v) is 8.73. The maximum Gasteiger partial charge on any atom is 0.472 e. The normalized spacial score (nSPS) is 14.0. The first-order valence-corrected chi connectivity index (χ1v) is 19.3. The molecule has 0 rings (SSSR count). The number of nitrogens with zero attached hydrogens (tertiary/aromatic N) is 1. The summed E-state index contributed by atoms with van der Waals surface area (Å²) in [5, 5.41) is 0. The second-order valence-corrected chi connectivity index (χ2v) is 14.7. The van der Waals surface area contributed by atoms with Gasteiger partial charge in [-0.2, -0.15) is 0 Å². The van der Waals surface area contributed by atoms with Crippen molar-refractivity contribution in [3.05, 3.63) is 0 Å². The number of phosphoric ester groups is 1. The van der Waals surface area contributed by atoms with E-state index >= 15 is 0 Å². The van der Waals surface area contributed by atoms with Crippen molar-refractivity contribution in [2.45, 2.75) is 148 Å². The van der Waals surface area contributed by atoms with E-state index < -0.39 is 13.9 Å². The van der Waals surface area contributed by atoms with Crippen LogP contribution >= 0.6 is 7.82 Å². The Morgan fingerprint density at radius 3 is 1.61 bits per heavy atom. The van der Waals surface area contributed by atoms with Crippen molar-refractivity contribution in [1.29, 1.82) is 0 Å². The fraction of sp³-hybridized carbons (Fsp3) is 0.971. The summed E-state index contributed by atoms with van der Waals surface area (Å²) in [6, 6.07) is 0. The third kappa shape index (κ3) is 32.8. The molecule has 0 aromatic rings. The first-order chi connectivity index (χ1) is 21.1. The lowest BCUT2D eigenvalue weighted by atomic mass is 10.0. The highest BCUT2D eigenvalue weighted by Gasteiger charge is 2.25. The Kier molecular flexibility index (Phi) is 29.5. The van der Waals surface area contributed by atoms with E-state index in [1.807, 2.05) is 21.1 Å². The van der Waals surface area contributed by atoms with Crippen molar-refractivity contribution < 1.29 is 42.0 Å². The molecule has 0 aromatic heterocycles. The standard InChI is InChI=1S/C34H70NO8P/c1-6-7-8-9-10-11-12-13-14-15-16-17-18-19-20-21-22-24-28-40-31-33(41-29-25-23-26-34(36)39-5)32-43-44(37,38)42-30-27-35(2,3)4/h33H,6-32H2,1-5H3/p+1/t33-/m1/s1. The molecule has 0 aliphatic heterocycles. The Labute approximate surface area is 271 Å². The van der Waals surface area contributed by atoms with Crippen LogP contribution in [-0.2, 0) is 32.6 Å². The molecule has 0 amide bonds. The summed E-state index contributed by atoms with van der Waals surface area (Å²) in [4.78, 5) is 21.4. The number of quaternary nitrogens is 1. The van der Waals surface area contributed by atoms with Gasteiger partial charge in [0.15, 0.2) is 0 Å². The van der Waals surface area contributed by atoms with E-state index in [4.69, 9.17) is 18.5 Å². The van der Waals surface area contributed by atoms with Crippen LogP contribution in [0.4, 0.5) is 0 Å². The zero-order valence-electron chi connectivity index (χ0n) is 29.4. The van der Waals surface area contributed by atoms with Crippen LogP contribution in [0.2, 0.25) is 0 Å². The average molecular weight is 653 g/mol. The smallest absolute Gasteiger partial charge is 0.469 e. The third-order valence-electron chi connectivity index (χ3n) is 7.74. The quantitative estimate of drug-likeness (QED) is 0.0319. The number of likely N-dealkylation sites (N-methyl/N-ethyl adjacent to an activating group) is 1. The first-order valence-electron chi connectivity index (χ1n) is 17.8. The molecule has 9 nitrogen and oxygen atoms in total. The highest BCUT2D eigenvalue weighted by Crippen LogP contribution is 2.43. The number of methoxy groups -OCH3 is 1. The van der Waals surface area contributed by atoms with Gasteiger partial charge >= 0.3 is 13.8 Å². The van der Waals surface area contributed by atoms with Crippen molar-refractivity contribution in [2.75, 3.05) is 67.8 Å². The first kappa shape index (κ1) is 43.5. The Balaban J connectivity index is 3.94. The average Bonchev–Trinajstić information content (AvgIpc) is 2.97. The van der Waals surface area contributed by atoms with Gasteiger partial charge in [-0.1, -0.05) is 116 Å². The van der Waals surface area contributed by atoms with Gasteiger partial charge in [-0.25, -0.2) is 4.57 Å². The summed E-state index contributed by atoms with van der Waals surface area (Å²) in [5.74, 6) is -0.246. The van der Waals surface area contributed by atoms with Crippen molar-refractivity contribution in [1.82, 2.24) is 0 Å². The molecule has 0 aliphatic carbocycles. The van der Waals surface area contributed by atoms with Crippen LogP contribution in [0.5, 0.6) is 0 Å². The molecule has 44 heavy (non-hydrogen) atoms. The summed E-state index contributed by atoms with van der Waals surface area (Å²) in [6.45, 7) is 4.16. The molecule has 0 fully saturated rings. The van der Waals surface area contributed by atoms with Gasteiger partial charge in [0.2, 0.25) is 0 Å². The molecule has 0 bridgehead atoms. The predicted molar refractivity (Wildman–Crippen MR) is 180 cm³/mol. The molecule has 1 N–H and O–H groups in total. The summed E-state index contributed by atoms with van der Waals surface area (Å²) >= 11 is 0. The molecule has 0 radical (unpaired) electrons. The molecule has 0 saturated carbocycles. The van der Waals surface area contributed by atoms with E-state index in [-0.39, 0.29) is 25.8 Å². The Morgan fingerprint density at radius 2 is 1.14 bits per heavy atom. The molecular formula is C34H71NO8P+. The van der Waals surface area contributed by atoms with Gasteiger partial charge in [0.1, 0.15) is 19.3 Å². The van der Waals surface area contributed by atoms with Crippen LogP contribution in [-0.4, -0.2) is 89.3 Å². The minimum Gasteiger partial charge on any atom is -0.469 e. The van der Waals surface area contributed by atoms with Crippen LogP contribution in [0.15, 0.2) is 0 Å². The molecule has 10 heteroatoms. The van der Waals surface area contributed by atoms with Gasteiger partial charge in [-0.05, 0) is 19.3 Å². The van der Waals surface area contributed by atoms with Crippen molar-refractivity contribution >= 4 is 13.8 Å². The maximum atomic E-state index is 12.3. The van der Waals surface area contributed by atoms with Crippen molar-refractivity contribution in [3.8, 4) is 0 Å². The van der Waals surface area contributed by atoms with E-state index in [1.54, 1.807) is 0 Å². The van der Waals surface area contributed by atoms with Crippen molar-refractivity contribution in [3.63, 3.8) is 0 Å². The maximum absolute atomic E-state index is 12.3. The summed E-state index contributed by atoms with van der Waals surface area (Å²) in [5.41, 5.74) is 0. The molecule has 0 spiro atoms. The van der Waals surface area contributed by atoms with Gasteiger partial charge in [-0.3, -0.25) is 13.8 Å². The van der Waals surface area contributed by atoms with Crippen LogP contribution in [0.1, 0.15) is 142 Å². The number of hydrogen-bond acceptors (Lipinski definition) is 7. The largest absolute Gasteiger partial charge is 0.472 e. The number of ether oxygens (including phenoxy) is 3. The zero-order valence-corrected chi connectivity index (χ0v) is 30.3. The lowest BCUT2D eigenvalue weighted by molar-refractivity contribution is -0.870. The summed E-state index contributed by atoms with van der Waals surface area (Å²) < 4.78 is 39.6. The number of unbranched alkanes of at least 4 members (excludes halogenated alkanes) is 18. The number of hydrogen-bond donors (Lipinski definition) is 1. The fourth-order valence-electron chi connectivity index (χ4n) is 4.83.